The Morgan fingerprint density at radius 2 is 1.23 bits per heavy atom. The molecule has 0 amide bonds. The molecule has 6 rings (SSSR count). The molecule has 142 valence electrons. The zero-order valence-corrected chi connectivity index (χ0v) is 17.2. The first-order valence-electron chi connectivity index (χ1n) is 10.6. The predicted octanol–water partition coefficient (Wildman–Crippen LogP) is 8.75. The number of hydrogen-bond acceptors (Lipinski definition) is 0. The van der Waals surface area contributed by atoms with Gasteiger partial charge in [0.1, 0.15) is 0 Å². The van der Waals surface area contributed by atoms with E-state index in [1.165, 1.54) is 65.3 Å². The second-order valence-corrected chi connectivity index (χ2v) is 8.15. The summed E-state index contributed by atoms with van der Waals surface area (Å²) in [7, 11) is 0. The van der Waals surface area contributed by atoms with Gasteiger partial charge >= 0.3 is 0 Å². The summed E-state index contributed by atoms with van der Waals surface area (Å²) in [4.78, 5) is 0. The molecule has 0 heteroatoms. The lowest BCUT2D eigenvalue weighted by Crippen LogP contribution is -1.93. The van der Waals surface area contributed by atoms with E-state index in [1.54, 1.807) is 0 Å². The third-order valence-corrected chi connectivity index (χ3v) is 6.51. The van der Waals surface area contributed by atoms with Crippen molar-refractivity contribution >= 4 is 49.2 Å². The van der Waals surface area contributed by atoms with Gasteiger partial charge < -0.3 is 0 Å². The van der Waals surface area contributed by atoms with Crippen LogP contribution < -0.4 is 0 Å². The summed E-state index contributed by atoms with van der Waals surface area (Å²) in [6.45, 7) is 4.35. The second-order valence-electron chi connectivity index (χ2n) is 8.15. The van der Waals surface area contributed by atoms with Crippen molar-refractivity contribution in [2.24, 2.45) is 0 Å². The molecular weight excluding hydrogens is 360 g/mol. The quantitative estimate of drug-likeness (QED) is 0.263. The molecule has 0 radical (unpaired) electrons. The minimum atomic E-state index is 1.30. The maximum absolute atomic E-state index is 2.36. The molecule has 6 aromatic carbocycles. The van der Waals surface area contributed by atoms with Gasteiger partial charge in [-0.25, -0.2) is 0 Å². The fraction of sp³-hybridized carbons (Fsp3) is 0.0667. The molecule has 0 saturated heterocycles. The van der Waals surface area contributed by atoms with Crippen molar-refractivity contribution < 1.29 is 0 Å². The topological polar surface area (TPSA) is 0 Å². The van der Waals surface area contributed by atoms with Crippen molar-refractivity contribution in [3.8, 4) is 11.1 Å². The van der Waals surface area contributed by atoms with Crippen LogP contribution in [-0.4, -0.2) is 0 Å². The van der Waals surface area contributed by atoms with Crippen LogP contribution in [0, 0.1) is 6.92 Å². The molecular formula is C30H22. The third kappa shape index (κ3) is 2.34. The number of allylic oxidation sites excluding steroid dienone is 1. The van der Waals surface area contributed by atoms with Gasteiger partial charge in [-0.15, -0.1) is 0 Å². The van der Waals surface area contributed by atoms with Crippen LogP contribution in [0.1, 0.15) is 18.1 Å². The van der Waals surface area contributed by atoms with Gasteiger partial charge in [-0.3, -0.25) is 0 Å². The fourth-order valence-electron chi connectivity index (χ4n) is 5.12. The summed E-state index contributed by atoms with van der Waals surface area (Å²) in [6, 6.07) is 31.3. The predicted molar refractivity (Wildman–Crippen MR) is 133 cm³/mol. The van der Waals surface area contributed by atoms with Gasteiger partial charge in [-0.2, -0.15) is 0 Å². The zero-order valence-electron chi connectivity index (χ0n) is 17.2. The van der Waals surface area contributed by atoms with Crippen LogP contribution in [0.25, 0.3) is 60.3 Å². The molecule has 0 unspecified atom stereocenters. The van der Waals surface area contributed by atoms with Crippen molar-refractivity contribution in [1.29, 1.82) is 0 Å². The zero-order chi connectivity index (χ0) is 20.2. The highest BCUT2D eigenvalue weighted by Gasteiger charge is 2.15. The minimum absolute atomic E-state index is 1.30. The molecule has 0 aliphatic carbocycles. The molecule has 0 saturated carbocycles. The first-order chi connectivity index (χ1) is 14.8. The molecule has 0 fully saturated rings. The summed E-state index contributed by atoms with van der Waals surface area (Å²) >= 11 is 0. The Kier molecular flexibility index (Phi) is 3.70. The normalized spacial score (nSPS) is 12.2. The van der Waals surface area contributed by atoms with Gasteiger partial charge in [0.05, 0.1) is 0 Å². The second kappa shape index (κ2) is 6.43. The summed E-state index contributed by atoms with van der Waals surface area (Å²) in [5, 5.41) is 10.6. The van der Waals surface area contributed by atoms with Crippen LogP contribution in [0.2, 0.25) is 0 Å². The maximum atomic E-state index is 2.36. The summed E-state index contributed by atoms with van der Waals surface area (Å²) in [5.74, 6) is 0. The molecule has 0 aromatic heterocycles. The molecule has 0 atom stereocenters. The highest BCUT2D eigenvalue weighted by atomic mass is 14.2. The lowest BCUT2D eigenvalue weighted by Gasteiger charge is -2.18. The Morgan fingerprint density at radius 1 is 0.567 bits per heavy atom. The highest BCUT2D eigenvalue weighted by Crippen LogP contribution is 2.42. The molecule has 0 aliphatic heterocycles. The van der Waals surface area contributed by atoms with Gasteiger partial charge in [0.2, 0.25) is 0 Å². The molecule has 6 aromatic rings. The fourth-order valence-corrected chi connectivity index (χ4v) is 5.12. The first-order valence-corrected chi connectivity index (χ1v) is 10.6. The van der Waals surface area contributed by atoms with E-state index < -0.39 is 0 Å². The Balaban J connectivity index is 1.79. The molecule has 0 bridgehead atoms. The van der Waals surface area contributed by atoms with Gasteiger partial charge in [-0.05, 0) is 85.3 Å². The van der Waals surface area contributed by atoms with Crippen LogP contribution in [0.5, 0.6) is 0 Å². The lowest BCUT2D eigenvalue weighted by atomic mass is 9.86. The largest absolute Gasteiger partial charge is 0.0870 e. The first kappa shape index (κ1) is 17.2. The van der Waals surface area contributed by atoms with Crippen LogP contribution in [0.15, 0.2) is 91.0 Å². The summed E-state index contributed by atoms with van der Waals surface area (Å²) in [6.07, 6.45) is 4.41. The highest BCUT2D eigenvalue weighted by molar-refractivity contribution is 6.25. The van der Waals surface area contributed by atoms with Crippen molar-refractivity contribution in [1.82, 2.24) is 0 Å². The van der Waals surface area contributed by atoms with Crippen molar-refractivity contribution in [2.75, 3.05) is 0 Å². The molecule has 0 heterocycles. The molecule has 0 nitrogen and oxygen atoms in total. The van der Waals surface area contributed by atoms with E-state index >= 15 is 0 Å². The minimum Gasteiger partial charge on any atom is -0.0870 e. The van der Waals surface area contributed by atoms with E-state index in [0.717, 1.165) is 0 Å². The van der Waals surface area contributed by atoms with Crippen molar-refractivity contribution in [3.05, 3.63) is 102 Å². The Labute approximate surface area is 176 Å². The molecule has 0 aliphatic rings. The Bertz CT molecular complexity index is 1580. The number of benzene rings is 6. The van der Waals surface area contributed by atoms with Crippen LogP contribution >= 0.6 is 0 Å². The summed E-state index contributed by atoms with van der Waals surface area (Å²) in [5.41, 5.74) is 5.27. The molecule has 0 spiro atoms. The third-order valence-electron chi connectivity index (χ3n) is 6.51. The van der Waals surface area contributed by atoms with Crippen LogP contribution in [-0.2, 0) is 0 Å². The van der Waals surface area contributed by atoms with E-state index in [9.17, 15) is 0 Å². The Hall–Kier alpha value is -3.64. The number of fused-ring (bicyclic) bond motifs is 1. The molecule has 30 heavy (non-hydrogen) atoms. The van der Waals surface area contributed by atoms with Gasteiger partial charge in [-0.1, -0.05) is 91.0 Å². The van der Waals surface area contributed by atoms with E-state index in [-0.39, 0.29) is 0 Å². The van der Waals surface area contributed by atoms with E-state index in [0.29, 0.717) is 0 Å². The van der Waals surface area contributed by atoms with Crippen LogP contribution in [0.3, 0.4) is 0 Å². The lowest BCUT2D eigenvalue weighted by molar-refractivity contribution is 1.49. The van der Waals surface area contributed by atoms with Gasteiger partial charge in [0.25, 0.3) is 0 Å². The van der Waals surface area contributed by atoms with Crippen molar-refractivity contribution in [3.63, 3.8) is 0 Å². The van der Waals surface area contributed by atoms with Crippen molar-refractivity contribution in [2.45, 2.75) is 13.8 Å². The molecule has 0 N–H and O–H groups in total. The average Bonchev–Trinajstić information content (AvgIpc) is 2.79. The van der Waals surface area contributed by atoms with Gasteiger partial charge in [0, 0.05) is 0 Å². The SMILES string of the molecule is C/C=C\c1c(-c2ccc3ccc4cccc5ccc2c3c45)cc2ccccc2c1C. The maximum Gasteiger partial charge on any atom is -0.00206 e. The summed E-state index contributed by atoms with van der Waals surface area (Å²) < 4.78 is 0. The van der Waals surface area contributed by atoms with Crippen LogP contribution in [0.4, 0.5) is 0 Å². The van der Waals surface area contributed by atoms with E-state index in [2.05, 4.69) is 111 Å². The van der Waals surface area contributed by atoms with E-state index in [4.69, 9.17) is 0 Å². The number of rotatable bonds is 2. The number of aryl methyl sites for hydroxylation is 1. The number of hydrogen-bond donors (Lipinski definition) is 0. The average molecular weight is 383 g/mol. The standard InChI is InChI=1S/C30H22/c1-3-7-25-19(2)24-11-5-4-8-23(24)18-28(25)26-16-14-22-13-12-20-9-6-10-21-15-17-27(26)30(22)29(20)21/h3-18H,1-2H3/b7-3-. The monoisotopic (exact) mass is 382 g/mol. The smallest absolute Gasteiger partial charge is 0.00206 e. The Morgan fingerprint density at radius 3 is 2.03 bits per heavy atom. The van der Waals surface area contributed by atoms with Gasteiger partial charge in [0.15, 0.2) is 0 Å². The van der Waals surface area contributed by atoms with E-state index in [1.807, 2.05) is 0 Å².